The number of hydrogen-bond acceptors (Lipinski definition) is 3. The van der Waals surface area contributed by atoms with Gasteiger partial charge in [-0.3, -0.25) is 10.1 Å². The lowest BCUT2D eigenvalue weighted by Crippen LogP contribution is -2.42. The number of benzene rings is 1. The molecule has 1 aromatic heterocycles. The van der Waals surface area contributed by atoms with Gasteiger partial charge in [0.1, 0.15) is 5.82 Å². The highest BCUT2D eigenvalue weighted by atomic mass is 79.9. The lowest BCUT2D eigenvalue weighted by atomic mass is 10.1. The van der Waals surface area contributed by atoms with Crippen LogP contribution in [0.3, 0.4) is 0 Å². The Bertz CT molecular complexity index is 655. The topological polar surface area (TPSA) is 69.8 Å². The van der Waals surface area contributed by atoms with Gasteiger partial charge in [-0.1, -0.05) is 28.1 Å². The third-order valence-electron chi connectivity index (χ3n) is 3.82. The van der Waals surface area contributed by atoms with E-state index in [1.165, 1.54) is 0 Å². The minimum atomic E-state index is -0.123. The zero-order valence-electron chi connectivity index (χ0n) is 12.2. The average Bonchev–Trinajstić information content (AvgIpc) is 2.89. The predicted molar refractivity (Wildman–Crippen MR) is 89.2 cm³/mol. The van der Waals surface area contributed by atoms with Gasteiger partial charge >= 0.3 is 0 Å². The van der Waals surface area contributed by atoms with Gasteiger partial charge in [0, 0.05) is 16.6 Å². The molecule has 0 aliphatic carbocycles. The van der Waals surface area contributed by atoms with Crippen LogP contribution in [0.4, 0.5) is 0 Å². The molecule has 1 aliphatic rings. The zero-order valence-corrected chi connectivity index (χ0v) is 13.8. The normalized spacial score (nSPS) is 18.8. The number of amides is 1. The van der Waals surface area contributed by atoms with E-state index >= 15 is 0 Å². The van der Waals surface area contributed by atoms with E-state index in [1.807, 2.05) is 30.5 Å². The Balaban J connectivity index is 1.63. The molecule has 0 radical (unpaired) electrons. The quantitative estimate of drug-likeness (QED) is 0.782. The molecule has 116 valence electrons. The summed E-state index contributed by atoms with van der Waals surface area (Å²) in [6.45, 7) is 1.34. The highest BCUT2D eigenvalue weighted by Gasteiger charge is 2.20. The SMILES string of the molecule is O=C1NCCCCC1NCc1ncc(-c2cccc(Br)c2)[nH]1. The number of aromatic nitrogens is 2. The molecular formula is C16H19BrN4O. The van der Waals surface area contributed by atoms with E-state index in [1.54, 1.807) is 0 Å². The van der Waals surface area contributed by atoms with E-state index in [4.69, 9.17) is 0 Å². The van der Waals surface area contributed by atoms with Crippen molar-refractivity contribution in [3.63, 3.8) is 0 Å². The number of aromatic amines is 1. The summed E-state index contributed by atoms with van der Waals surface area (Å²) in [5, 5.41) is 6.22. The maximum Gasteiger partial charge on any atom is 0.237 e. The number of carbonyl (C=O) groups excluding carboxylic acids is 1. The van der Waals surface area contributed by atoms with Crippen molar-refractivity contribution in [2.24, 2.45) is 0 Å². The summed E-state index contributed by atoms with van der Waals surface area (Å²) >= 11 is 3.47. The first-order valence-electron chi connectivity index (χ1n) is 7.53. The standard InChI is InChI=1S/C16H19BrN4O/c17-12-5-3-4-11(8-12)14-9-20-15(21-14)10-19-13-6-1-2-7-18-16(13)22/h3-5,8-9,13,19H,1-2,6-7,10H2,(H,18,22)(H,20,21). The molecular weight excluding hydrogens is 344 g/mol. The van der Waals surface area contributed by atoms with Crippen LogP contribution >= 0.6 is 15.9 Å². The minimum absolute atomic E-state index is 0.0938. The third-order valence-corrected chi connectivity index (χ3v) is 4.31. The summed E-state index contributed by atoms with van der Waals surface area (Å²) in [7, 11) is 0. The maximum atomic E-state index is 11.9. The Labute approximate surface area is 138 Å². The van der Waals surface area contributed by atoms with E-state index in [2.05, 4.69) is 36.5 Å². The first kappa shape index (κ1) is 15.2. The molecule has 1 unspecified atom stereocenters. The van der Waals surface area contributed by atoms with Gasteiger partial charge in [-0.05, 0) is 31.4 Å². The fraction of sp³-hybridized carbons (Fsp3) is 0.375. The number of rotatable bonds is 4. The van der Waals surface area contributed by atoms with Crippen LogP contribution in [0.5, 0.6) is 0 Å². The fourth-order valence-electron chi connectivity index (χ4n) is 2.61. The highest BCUT2D eigenvalue weighted by Crippen LogP contribution is 2.21. The average molecular weight is 363 g/mol. The van der Waals surface area contributed by atoms with Crippen LogP contribution in [0.2, 0.25) is 0 Å². The van der Waals surface area contributed by atoms with Crippen LogP contribution in [0.25, 0.3) is 11.3 Å². The number of nitrogens with zero attached hydrogens (tertiary/aromatic N) is 1. The molecule has 6 heteroatoms. The smallest absolute Gasteiger partial charge is 0.237 e. The predicted octanol–water partition coefficient (Wildman–Crippen LogP) is 2.60. The van der Waals surface area contributed by atoms with Crippen molar-refractivity contribution in [1.82, 2.24) is 20.6 Å². The monoisotopic (exact) mass is 362 g/mol. The maximum absolute atomic E-state index is 11.9. The molecule has 2 aromatic rings. The highest BCUT2D eigenvalue weighted by molar-refractivity contribution is 9.10. The lowest BCUT2D eigenvalue weighted by molar-refractivity contribution is -0.122. The van der Waals surface area contributed by atoms with Crippen LogP contribution in [0.1, 0.15) is 25.1 Å². The number of imidazole rings is 1. The Morgan fingerprint density at radius 2 is 2.27 bits per heavy atom. The molecule has 3 rings (SSSR count). The first-order chi connectivity index (χ1) is 10.7. The van der Waals surface area contributed by atoms with Gasteiger partial charge in [0.15, 0.2) is 0 Å². The third kappa shape index (κ3) is 3.75. The second kappa shape index (κ2) is 7.07. The molecule has 22 heavy (non-hydrogen) atoms. The van der Waals surface area contributed by atoms with Crippen molar-refractivity contribution >= 4 is 21.8 Å². The van der Waals surface area contributed by atoms with E-state index in [-0.39, 0.29) is 11.9 Å². The number of H-pyrrole nitrogens is 1. The van der Waals surface area contributed by atoms with E-state index in [0.717, 1.165) is 47.4 Å². The van der Waals surface area contributed by atoms with Crippen molar-refractivity contribution < 1.29 is 4.79 Å². The van der Waals surface area contributed by atoms with Crippen molar-refractivity contribution in [2.75, 3.05) is 6.54 Å². The molecule has 0 saturated carbocycles. The van der Waals surface area contributed by atoms with Crippen molar-refractivity contribution in [1.29, 1.82) is 0 Å². The molecule has 1 fully saturated rings. The van der Waals surface area contributed by atoms with Crippen LogP contribution in [0.15, 0.2) is 34.9 Å². The first-order valence-corrected chi connectivity index (χ1v) is 8.32. The summed E-state index contributed by atoms with van der Waals surface area (Å²) in [4.78, 5) is 19.6. The number of carbonyl (C=O) groups is 1. The Morgan fingerprint density at radius 3 is 3.14 bits per heavy atom. The summed E-state index contributed by atoms with van der Waals surface area (Å²) in [5.41, 5.74) is 2.06. The molecule has 1 aliphatic heterocycles. The molecule has 1 saturated heterocycles. The lowest BCUT2D eigenvalue weighted by Gasteiger charge is -2.13. The van der Waals surface area contributed by atoms with Crippen molar-refractivity contribution in [3.8, 4) is 11.3 Å². The Morgan fingerprint density at radius 1 is 1.36 bits per heavy atom. The fourth-order valence-corrected chi connectivity index (χ4v) is 3.01. The molecule has 2 heterocycles. The van der Waals surface area contributed by atoms with Gasteiger partial charge < -0.3 is 10.3 Å². The van der Waals surface area contributed by atoms with Gasteiger partial charge in [0.25, 0.3) is 0 Å². The van der Waals surface area contributed by atoms with E-state index in [9.17, 15) is 4.79 Å². The van der Waals surface area contributed by atoms with Gasteiger partial charge in [-0.15, -0.1) is 0 Å². The van der Waals surface area contributed by atoms with Crippen LogP contribution in [-0.2, 0) is 11.3 Å². The second-order valence-corrected chi connectivity index (χ2v) is 6.39. The summed E-state index contributed by atoms with van der Waals surface area (Å²) in [6.07, 6.45) is 4.83. The number of halogens is 1. The molecule has 1 amide bonds. The Hall–Kier alpha value is -1.66. The molecule has 3 N–H and O–H groups in total. The van der Waals surface area contributed by atoms with Crippen LogP contribution < -0.4 is 10.6 Å². The number of hydrogen-bond donors (Lipinski definition) is 3. The van der Waals surface area contributed by atoms with Crippen molar-refractivity contribution in [2.45, 2.75) is 31.8 Å². The summed E-state index contributed by atoms with van der Waals surface area (Å²) < 4.78 is 1.04. The van der Waals surface area contributed by atoms with Gasteiger partial charge in [-0.25, -0.2) is 4.98 Å². The molecule has 1 atom stereocenters. The zero-order chi connectivity index (χ0) is 15.4. The summed E-state index contributed by atoms with van der Waals surface area (Å²) in [6, 6.07) is 7.94. The largest absolute Gasteiger partial charge is 0.355 e. The molecule has 0 spiro atoms. The molecule has 0 bridgehead atoms. The van der Waals surface area contributed by atoms with E-state index in [0.29, 0.717) is 6.54 Å². The van der Waals surface area contributed by atoms with Gasteiger partial charge in [-0.2, -0.15) is 0 Å². The van der Waals surface area contributed by atoms with Gasteiger partial charge in [0.05, 0.1) is 24.5 Å². The molecule has 5 nitrogen and oxygen atoms in total. The van der Waals surface area contributed by atoms with Crippen LogP contribution in [-0.4, -0.2) is 28.5 Å². The van der Waals surface area contributed by atoms with Crippen molar-refractivity contribution in [3.05, 3.63) is 40.8 Å². The summed E-state index contributed by atoms with van der Waals surface area (Å²) in [5.74, 6) is 0.934. The van der Waals surface area contributed by atoms with E-state index < -0.39 is 0 Å². The molecule has 1 aromatic carbocycles. The Kier molecular flexibility index (Phi) is 4.90. The number of nitrogens with one attached hydrogen (secondary N) is 3. The minimum Gasteiger partial charge on any atom is -0.355 e. The van der Waals surface area contributed by atoms with Crippen LogP contribution in [0, 0.1) is 0 Å². The van der Waals surface area contributed by atoms with Gasteiger partial charge in [0.2, 0.25) is 5.91 Å². The second-order valence-electron chi connectivity index (χ2n) is 5.47.